The van der Waals surface area contributed by atoms with Gasteiger partial charge in [0.05, 0.1) is 25.0 Å². The minimum absolute atomic E-state index is 0.138. The van der Waals surface area contributed by atoms with E-state index in [2.05, 4.69) is 0 Å². The number of rotatable bonds is 5. The predicted octanol–water partition coefficient (Wildman–Crippen LogP) is 3.96. The van der Waals surface area contributed by atoms with Gasteiger partial charge in [-0.05, 0) is 44.4 Å². The van der Waals surface area contributed by atoms with Crippen LogP contribution >= 0.6 is 0 Å². The third-order valence-corrected chi connectivity index (χ3v) is 6.09. The zero-order valence-electron chi connectivity index (χ0n) is 18.2. The summed E-state index contributed by atoms with van der Waals surface area (Å²) in [6.07, 6.45) is 1.51. The first kappa shape index (κ1) is 22.0. The van der Waals surface area contributed by atoms with E-state index in [9.17, 15) is 18.4 Å². The van der Waals surface area contributed by atoms with Crippen LogP contribution in [0.5, 0.6) is 11.5 Å². The SMILES string of the molecule is CCOc1ccc(C(=O)N2CCC(N3C(=O)CCc4c(F)cc(F)cc43)CC2)c(OC)c1. The summed E-state index contributed by atoms with van der Waals surface area (Å²) in [6, 6.07) is 6.99. The summed E-state index contributed by atoms with van der Waals surface area (Å²) >= 11 is 0. The molecule has 2 heterocycles. The van der Waals surface area contributed by atoms with Gasteiger partial charge >= 0.3 is 0 Å². The van der Waals surface area contributed by atoms with Crippen LogP contribution in [0.25, 0.3) is 0 Å². The Kier molecular flexibility index (Phi) is 6.30. The molecule has 1 fully saturated rings. The molecule has 0 aromatic heterocycles. The molecular weight excluding hydrogens is 418 g/mol. The van der Waals surface area contributed by atoms with Gasteiger partial charge in [-0.1, -0.05) is 0 Å². The number of piperidine rings is 1. The Morgan fingerprint density at radius 2 is 1.88 bits per heavy atom. The number of benzene rings is 2. The number of carbonyl (C=O) groups is 2. The van der Waals surface area contributed by atoms with E-state index in [0.717, 1.165) is 6.07 Å². The maximum Gasteiger partial charge on any atom is 0.257 e. The summed E-state index contributed by atoms with van der Waals surface area (Å²) in [7, 11) is 1.51. The summed E-state index contributed by atoms with van der Waals surface area (Å²) in [5, 5.41) is 0. The van der Waals surface area contributed by atoms with Crippen LogP contribution in [-0.2, 0) is 11.2 Å². The van der Waals surface area contributed by atoms with Gasteiger partial charge in [0.1, 0.15) is 23.1 Å². The standard InChI is InChI=1S/C24H26F2N2O4/c1-3-32-17-4-5-19(22(14-17)31-2)24(30)27-10-8-16(9-11-27)28-21-13-15(25)12-20(26)18(21)6-7-23(28)29/h4-5,12-14,16H,3,6-11H2,1-2H3. The van der Waals surface area contributed by atoms with Crippen LogP contribution in [-0.4, -0.2) is 49.6 Å². The van der Waals surface area contributed by atoms with Crippen molar-refractivity contribution < 1.29 is 27.8 Å². The lowest BCUT2D eigenvalue weighted by atomic mass is 9.94. The molecule has 2 aliphatic heterocycles. The average Bonchev–Trinajstić information content (AvgIpc) is 2.78. The molecule has 0 spiro atoms. The molecule has 0 radical (unpaired) electrons. The monoisotopic (exact) mass is 444 g/mol. The zero-order chi connectivity index (χ0) is 22.8. The Morgan fingerprint density at radius 1 is 1.12 bits per heavy atom. The van der Waals surface area contributed by atoms with Crippen LogP contribution in [0.15, 0.2) is 30.3 Å². The van der Waals surface area contributed by atoms with Crippen molar-refractivity contribution in [3.05, 3.63) is 53.1 Å². The van der Waals surface area contributed by atoms with E-state index in [0.29, 0.717) is 60.9 Å². The van der Waals surface area contributed by atoms with Crippen LogP contribution in [0.3, 0.4) is 0 Å². The number of hydrogen-bond donors (Lipinski definition) is 0. The maximum atomic E-state index is 14.3. The van der Waals surface area contributed by atoms with Gasteiger partial charge in [-0.2, -0.15) is 0 Å². The molecule has 0 saturated carbocycles. The number of amides is 2. The summed E-state index contributed by atoms with van der Waals surface area (Å²) in [5.74, 6) is -0.550. The van der Waals surface area contributed by atoms with Gasteiger partial charge in [-0.3, -0.25) is 9.59 Å². The van der Waals surface area contributed by atoms with Crippen LogP contribution < -0.4 is 14.4 Å². The second-order valence-electron chi connectivity index (χ2n) is 7.97. The molecule has 2 aromatic rings. The number of hydrogen-bond acceptors (Lipinski definition) is 4. The molecule has 0 N–H and O–H groups in total. The molecule has 8 heteroatoms. The van der Waals surface area contributed by atoms with Gasteiger partial charge in [0.15, 0.2) is 0 Å². The molecule has 0 unspecified atom stereocenters. The van der Waals surface area contributed by atoms with Gasteiger partial charge in [0.25, 0.3) is 5.91 Å². The fourth-order valence-corrected chi connectivity index (χ4v) is 4.54. The maximum absolute atomic E-state index is 14.3. The predicted molar refractivity (Wildman–Crippen MR) is 115 cm³/mol. The van der Waals surface area contributed by atoms with Crippen molar-refractivity contribution in [2.24, 2.45) is 0 Å². The van der Waals surface area contributed by atoms with Crippen LogP contribution in [0.4, 0.5) is 14.5 Å². The Hall–Kier alpha value is -3.16. The Balaban J connectivity index is 1.50. The highest BCUT2D eigenvalue weighted by Gasteiger charge is 2.35. The van der Waals surface area contributed by atoms with Crippen molar-refractivity contribution in [2.45, 2.75) is 38.6 Å². The smallest absolute Gasteiger partial charge is 0.257 e. The van der Waals surface area contributed by atoms with E-state index < -0.39 is 11.6 Å². The van der Waals surface area contributed by atoms with Crippen LogP contribution in [0.2, 0.25) is 0 Å². The number of ether oxygens (including phenoxy) is 2. The second kappa shape index (κ2) is 9.14. The van der Waals surface area contributed by atoms with E-state index >= 15 is 0 Å². The summed E-state index contributed by atoms with van der Waals surface area (Å²) in [4.78, 5) is 29.0. The van der Waals surface area contributed by atoms with Crippen molar-refractivity contribution in [1.82, 2.24) is 4.90 Å². The Bertz CT molecular complexity index is 1030. The molecule has 2 aromatic carbocycles. The molecule has 0 aliphatic carbocycles. The highest BCUT2D eigenvalue weighted by molar-refractivity contribution is 5.98. The first-order valence-electron chi connectivity index (χ1n) is 10.8. The van der Waals surface area contributed by atoms with E-state index in [1.165, 1.54) is 18.1 Å². The van der Waals surface area contributed by atoms with E-state index in [1.807, 2.05) is 6.92 Å². The Morgan fingerprint density at radius 3 is 2.56 bits per heavy atom. The summed E-state index contributed by atoms with van der Waals surface area (Å²) in [5.41, 5.74) is 1.14. The molecule has 32 heavy (non-hydrogen) atoms. The highest BCUT2D eigenvalue weighted by atomic mass is 19.1. The lowest BCUT2D eigenvalue weighted by Gasteiger charge is -2.41. The van der Waals surface area contributed by atoms with E-state index in [-0.39, 0.29) is 30.7 Å². The minimum atomic E-state index is -0.698. The van der Waals surface area contributed by atoms with Gasteiger partial charge < -0.3 is 19.3 Å². The fourth-order valence-electron chi connectivity index (χ4n) is 4.54. The first-order chi connectivity index (χ1) is 15.4. The normalized spacial score (nSPS) is 16.7. The summed E-state index contributed by atoms with van der Waals surface area (Å²) in [6.45, 7) is 3.24. The van der Waals surface area contributed by atoms with Crippen molar-refractivity contribution in [3.8, 4) is 11.5 Å². The number of carbonyl (C=O) groups excluding carboxylic acids is 2. The lowest BCUT2D eigenvalue weighted by Crippen LogP contribution is -2.50. The average molecular weight is 444 g/mol. The fraction of sp³-hybridized carbons (Fsp3) is 0.417. The molecule has 1 saturated heterocycles. The van der Waals surface area contributed by atoms with Gasteiger partial charge in [0.2, 0.25) is 5.91 Å². The van der Waals surface area contributed by atoms with Crippen molar-refractivity contribution >= 4 is 17.5 Å². The van der Waals surface area contributed by atoms with E-state index in [4.69, 9.17) is 9.47 Å². The van der Waals surface area contributed by atoms with Gasteiger partial charge in [-0.15, -0.1) is 0 Å². The minimum Gasteiger partial charge on any atom is -0.496 e. The third-order valence-electron chi connectivity index (χ3n) is 6.09. The number of methoxy groups -OCH3 is 1. The quantitative estimate of drug-likeness (QED) is 0.701. The largest absolute Gasteiger partial charge is 0.496 e. The van der Waals surface area contributed by atoms with Crippen molar-refractivity contribution in [2.75, 3.05) is 31.7 Å². The number of anilines is 1. The molecule has 4 rings (SSSR count). The highest BCUT2D eigenvalue weighted by Crippen LogP contribution is 2.35. The number of likely N-dealkylation sites (tertiary alicyclic amines) is 1. The molecule has 0 atom stereocenters. The van der Waals surface area contributed by atoms with Crippen molar-refractivity contribution in [3.63, 3.8) is 0 Å². The molecular formula is C24H26F2N2O4. The zero-order valence-corrected chi connectivity index (χ0v) is 18.2. The first-order valence-corrected chi connectivity index (χ1v) is 10.8. The number of fused-ring (bicyclic) bond motifs is 1. The molecule has 6 nitrogen and oxygen atoms in total. The van der Waals surface area contributed by atoms with Gasteiger partial charge in [0, 0.05) is 43.2 Å². The van der Waals surface area contributed by atoms with Crippen LogP contribution in [0, 0.1) is 11.6 Å². The number of nitrogens with zero attached hydrogens (tertiary/aromatic N) is 2. The molecule has 0 bridgehead atoms. The third kappa shape index (κ3) is 4.13. The topological polar surface area (TPSA) is 59.1 Å². The van der Waals surface area contributed by atoms with Crippen molar-refractivity contribution in [1.29, 1.82) is 0 Å². The van der Waals surface area contributed by atoms with Gasteiger partial charge in [-0.25, -0.2) is 8.78 Å². The molecule has 2 amide bonds. The summed E-state index contributed by atoms with van der Waals surface area (Å²) < 4.78 is 39.0. The number of halogens is 2. The van der Waals surface area contributed by atoms with E-state index in [1.54, 1.807) is 23.1 Å². The second-order valence-corrected chi connectivity index (χ2v) is 7.97. The Labute approximate surface area is 185 Å². The van der Waals surface area contributed by atoms with Crippen LogP contribution in [0.1, 0.15) is 42.1 Å². The molecule has 170 valence electrons. The lowest BCUT2D eigenvalue weighted by molar-refractivity contribution is -0.119. The molecule has 2 aliphatic rings.